The molecule has 2 aromatic carbocycles. The molecular weight excluding hydrogens is 377 g/mol. The summed E-state index contributed by atoms with van der Waals surface area (Å²) in [6, 6.07) is 8.54. The zero-order chi connectivity index (χ0) is 17.9. The second kappa shape index (κ2) is 7.35. The molecule has 0 radical (unpaired) electrons. The van der Waals surface area contributed by atoms with Gasteiger partial charge in [0, 0.05) is 22.7 Å². The number of nitro groups is 1. The van der Waals surface area contributed by atoms with Crippen LogP contribution in [0.4, 0.5) is 11.4 Å². The topological polar surface area (TPSA) is 101 Å². The van der Waals surface area contributed by atoms with Gasteiger partial charge in [-0.25, -0.2) is 13.1 Å². The highest BCUT2D eigenvalue weighted by atomic mass is 35.5. The minimum Gasteiger partial charge on any atom is -0.375 e. The van der Waals surface area contributed by atoms with Crippen LogP contribution in [-0.2, 0) is 16.6 Å². The van der Waals surface area contributed by atoms with E-state index in [0.29, 0.717) is 15.6 Å². The molecule has 0 amide bonds. The monoisotopic (exact) mass is 389 g/mol. The zero-order valence-corrected chi connectivity index (χ0v) is 14.7. The fourth-order valence-corrected chi connectivity index (χ4v) is 3.18. The van der Waals surface area contributed by atoms with Crippen molar-refractivity contribution in [1.29, 1.82) is 0 Å². The van der Waals surface area contributed by atoms with Crippen molar-refractivity contribution in [3.8, 4) is 0 Å². The van der Waals surface area contributed by atoms with Gasteiger partial charge < -0.3 is 5.32 Å². The molecule has 0 aliphatic carbocycles. The van der Waals surface area contributed by atoms with E-state index in [1.165, 1.54) is 19.2 Å². The molecule has 0 bridgehead atoms. The largest absolute Gasteiger partial charge is 0.375 e. The van der Waals surface area contributed by atoms with Gasteiger partial charge in [0.05, 0.1) is 9.82 Å². The van der Waals surface area contributed by atoms with Crippen LogP contribution in [0.15, 0.2) is 41.3 Å². The fraction of sp³-hybridized carbons (Fsp3) is 0.143. The standard InChI is InChI=1S/C14H13Cl2N3O4S/c1-17-24(22,23)11-4-5-13(14(7-11)19(20)21)18-8-9-2-3-10(15)6-12(9)16/h2-7,17-18H,8H2,1H3. The van der Waals surface area contributed by atoms with Crippen molar-refractivity contribution in [2.24, 2.45) is 0 Å². The van der Waals surface area contributed by atoms with Gasteiger partial charge in [-0.3, -0.25) is 10.1 Å². The van der Waals surface area contributed by atoms with Crippen molar-refractivity contribution >= 4 is 44.6 Å². The third-order valence-electron chi connectivity index (χ3n) is 3.23. The molecule has 2 rings (SSSR count). The van der Waals surface area contributed by atoms with Crippen molar-refractivity contribution in [2.75, 3.05) is 12.4 Å². The Morgan fingerprint density at radius 1 is 1.17 bits per heavy atom. The SMILES string of the molecule is CNS(=O)(=O)c1ccc(NCc2ccc(Cl)cc2Cl)c([N+](=O)[O-])c1. The maximum atomic E-state index is 11.8. The van der Waals surface area contributed by atoms with Crippen molar-refractivity contribution < 1.29 is 13.3 Å². The Morgan fingerprint density at radius 3 is 2.46 bits per heavy atom. The van der Waals surface area contributed by atoms with E-state index in [1.807, 2.05) is 0 Å². The summed E-state index contributed by atoms with van der Waals surface area (Å²) in [6.45, 7) is 0.217. The minimum atomic E-state index is -3.77. The second-order valence-corrected chi connectivity index (χ2v) is 7.46. The molecule has 0 aromatic heterocycles. The molecule has 0 fully saturated rings. The van der Waals surface area contributed by atoms with E-state index in [0.717, 1.165) is 6.07 Å². The number of nitrogens with one attached hydrogen (secondary N) is 2. The van der Waals surface area contributed by atoms with E-state index in [1.54, 1.807) is 18.2 Å². The summed E-state index contributed by atoms with van der Waals surface area (Å²) in [6.07, 6.45) is 0. The quantitative estimate of drug-likeness (QED) is 0.581. The highest BCUT2D eigenvalue weighted by Crippen LogP contribution is 2.29. The smallest absolute Gasteiger partial charge is 0.293 e. The lowest BCUT2D eigenvalue weighted by molar-refractivity contribution is -0.384. The molecule has 0 spiro atoms. The molecule has 0 aliphatic heterocycles. The fourth-order valence-electron chi connectivity index (χ4n) is 1.95. The Balaban J connectivity index is 2.31. The normalized spacial score (nSPS) is 11.3. The second-order valence-electron chi connectivity index (χ2n) is 4.73. The molecule has 0 unspecified atom stereocenters. The number of hydrogen-bond acceptors (Lipinski definition) is 5. The number of halogens is 2. The maximum absolute atomic E-state index is 11.8. The lowest BCUT2D eigenvalue weighted by Gasteiger charge is -2.10. The Hall–Kier alpha value is -1.87. The molecule has 0 saturated heterocycles. The average molecular weight is 390 g/mol. The molecule has 2 N–H and O–H groups in total. The molecule has 0 aliphatic rings. The summed E-state index contributed by atoms with van der Waals surface area (Å²) in [4.78, 5) is 10.4. The van der Waals surface area contributed by atoms with E-state index < -0.39 is 14.9 Å². The van der Waals surface area contributed by atoms with Crippen LogP contribution in [0.25, 0.3) is 0 Å². The molecule has 128 valence electrons. The summed E-state index contributed by atoms with van der Waals surface area (Å²) in [7, 11) is -2.54. The summed E-state index contributed by atoms with van der Waals surface area (Å²) in [5.74, 6) is 0. The number of sulfonamides is 1. The molecule has 0 heterocycles. The van der Waals surface area contributed by atoms with E-state index in [9.17, 15) is 18.5 Å². The average Bonchev–Trinajstić information content (AvgIpc) is 2.53. The zero-order valence-electron chi connectivity index (χ0n) is 12.4. The molecule has 10 heteroatoms. The number of hydrogen-bond donors (Lipinski definition) is 2. The summed E-state index contributed by atoms with van der Waals surface area (Å²) < 4.78 is 25.6. The first-order valence-corrected chi connectivity index (χ1v) is 8.88. The van der Waals surface area contributed by atoms with Crippen molar-refractivity contribution in [3.05, 3.63) is 62.1 Å². The lowest BCUT2D eigenvalue weighted by Crippen LogP contribution is -2.18. The van der Waals surface area contributed by atoms with Crippen LogP contribution in [0.1, 0.15) is 5.56 Å². The number of anilines is 1. The van der Waals surface area contributed by atoms with E-state index in [2.05, 4.69) is 10.0 Å². The van der Waals surface area contributed by atoms with Crippen LogP contribution in [0.2, 0.25) is 10.0 Å². The Bertz CT molecular complexity index is 888. The van der Waals surface area contributed by atoms with Crippen LogP contribution in [-0.4, -0.2) is 20.4 Å². The van der Waals surface area contributed by atoms with Gasteiger partial charge in [-0.05, 0) is 36.9 Å². The van der Waals surface area contributed by atoms with Crippen molar-refractivity contribution in [1.82, 2.24) is 4.72 Å². The highest BCUT2D eigenvalue weighted by molar-refractivity contribution is 7.89. The summed E-state index contributed by atoms with van der Waals surface area (Å²) in [5, 5.41) is 15.0. The predicted octanol–water partition coefficient (Wildman–Crippen LogP) is 3.42. The van der Waals surface area contributed by atoms with Crippen LogP contribution in [0, 0.1) is 10.1 Å². The number of benzene rings is 2. The van der Waals surface area contributed by atoms with Gasteiger partial charge in [-0.1, -0.05) is 29.3 Å². The van der Waals surface area contributed by atoms with Gasteiger partial charge in [0.15, 0.2) is 0 Å². The third-order valence-corrected chi connectivity index (χ3v) is 5.23. The van der Waals surface area contributed by atoms with Gasteiger partial charge in [-0.15, -0.1) is 0 Å². The predicted molar refractivity (Wildman–Crippen MR) is 93.1 cm³/mol. The number of nitrogens with zero attached hydrogens (tertiary/aromatic N) is 1. The lowest BCUT2D eigenvalue weighted by atomic mass is 10.2. The van der Waals surface area contributed by atoms with Crippen LogP contribution >= 0.6 is 23.2 Å². The van der Waals surface area contributed by atoms with Crippen molar-refractivity contribution in [2.45, 2.75) is 11.4 Å². The molecule has 2 aromatic rings. The first-order chi connectivity index (χ1) is 11.2. The molecular formula is C14H13Cl2N3O4S. The highest BCUT2D eigenvalue weighted by Gasteiger charge is 2.20. The number of nitro benzene ring substituents is 1. The number of rotatable bonds is 6. The minimum absolute atomic E-state index is 0.182. The Morgan fingerprint density at radius 2 is 1.88 bits per heavy atom. The van der Waals surface area contributed by atoms with E-state index in [-0.39, 0.29) is 22.8 Å². The van der Waals surface area contributed by atoms with Gasteiger partial charge in [0.25, 0.3) is 5.69 Å². The third kappa shape index (κ3) is 4.15. The Labute approximate surface area is 148 Å². The van der Waals surface area contributed by atoms with Gasteiger partial charge in [-0.2, -0.15) is 0 Å². The van der Waals surface area contributed by atoms with Gasteiger partial charge >= 0.3 is 0 Å². The van der Waals surface area contributed by atoms with Crippen LogP contribution < -0.4 is 10.0 Å². The van der Waals surface area contributed by atoms with Crippen molar-refractivity contribution in [3.63, 3.8) is 0 Å². The van der Waals surface area contributed by atoms with E-state index >= 15 is 0 Å². The molecule has 0 atom stereocenters. The maximum Gasteiger partial charge on any atom is 0.293 e. The first-order valence-electron chi connectivity index (χ1n) is 6.64. The molecule has 7 nitrogen and oxygen atoms in total. The molecule has 24 heavy (non-hydrogen) atoms. The Kier molecular flexibility index (Phi) is 5.66. The summed E-state index contributed by atoms with van der Waals surface area (Å²) >= 11 is 11.9. The van der Waals surface area contributed by atoms with Crippen LogP contribution in [0.3, 0.4) is 0 Å². The van der Waals surface area contributed by atoms with Crippen LogP contribution in [0.5, 0.6) is 0 Å². The molecule has 0 saturated carbocycles. The van der Waals surface area contributed by atoms with E-state index in [4.69, 9.17) is 23.2 Å². The van der Waals surface area contributed by atoms with Gasteiger partial charge in [0.1, 0.15) is 5.69 Å². The summed E-state index contributed by atoms with van der Waals surface area (Å²) in [5.41, 5.74) is 0.528. The van der Waals surface area contributed by atoms with Gasteiger partial charge in [0.2, 0.25) is 10.0 Å². The first kappa shape index (κ1) is 18.5.